The molecule has 0 radical (unpaired) electrons. The van der Waals surface area contributed by atoms with E-state index in [1.807, 2.05) is 6.92 Å². The standard InChI is InChI=1S/C22H27NO8/c1-12(24)29-15-5-7-17-14(8-15)4-6-18-19-9-16(30-13(2)25)10-21(19,3)11-22(26,20(17)18)31-23(27)28/h5,7-8,16,18-20,26H,4,6,9-11H2,1-3H3/t16-,18-,19-,20+,21-,22+/m0/s1. The summed E-state index contributed by atoms with van der Waals surface area (Å²) in [6.45, 7) is 4.68. The Morgan fingerprint density at radius 3 is 2.65 bits per heavy atom. The van der Waals surface area contributed by atoms with Crippen molar-refractivity contribution in [3.8, 4) is 5.75 Å². The predicted octanol–water partition coefficient (Wildman–Crippen LogP) is 2.91. The zero-order chi connectivity index (χ0) is 22.6. The van der Waals surface area contributed by atoms with Gasteiger partial charge < -0.3 is 14.6 Å². The van der Waals surface area contributed by atoms with Crippen LogP contribution >= 0.6 is 0 Å². The fourth-order valence-electron chi connectivity index (χ4n) is 6.51. The average Bonchev–Trinajstić information content (AvgIpc) is 2.94. The fourth-order valence-corrected chi connectivity index (χ4v) is 6.51. The summed E-state index contributed by atoms with van der Waals surface area (Å²) in [5.74, 6) is -2.94. The van der Waals surface area contributed by atoms with Crippen LogP contribution in [0.2, 0.25) is 0 Å². The van der Waals surface area contributed by atoms with Crippen molar-refractivity contribution in [2.75, 3.05) is 0 Å². The van der Waals surface area contributed by atoms with Gasteiger partial charge in [-0.2, -0.15) is 0 Å². The molecule has 9 heteroatoms. The number of esters is 2. The monoisotopic (exact) mass is 433 g/mol. The number of hydrogen-bond acceptors (Lipinski definition) is 8. The van der Waals surface area contributed by atoms with Crippen LogP contribution in [0.4, 0.5) is 0 Å². The molecule has 1 aromatic rings. The number of fused-ring (bicyclic) bond motifs is 5. The summed E-state index contributed by atoms with van der Waals surface area (Å²) in [5, 5.41) is 21.9. The van der Waals surface area contributed by atoms with Crippen molar-refractivity contribution in [1.82, 2.24) is 0 Å². The highest BCUT2D eigenvalue weighted by Crippen LogP contribution is 2.64. The lowest BCUT2D eigenvalue weighted by Crippen LogP contribution is -2.56. The number of nitrogens with zero attached hydrogens (tertiary/aromatic N) is 1. The van der Waals surface area contributed by atoms with E-state index < -0.39 is 28.2 Å². The molecule has 2 saturated carbocycles. The number of aryl methyl sites for hydroxylation is 1. The topological polar surface area (TPSA) is 125 Å². The zero-order valence-electron chi connectivity index (χ0n) is 17.8. The van der Waals surface area contributed by atoms with Crippen molar-refractivity contribution in [3.63, 3.8) is 0 Å². The fraction of sp³-hybridized carbons (Fsp3) is 0.636. The van der Waals surface area contributed by atoms with Crippen molar-refractivity contribution in [2.45, 2.75) is 70.7 Å². The van der Waals surface area contributed by atoms with Gasteiger partial charge in [-0.15, -0.1) is 10.1 Å². The highest BCUT2D eigenvalue weighted by Gasteiger charge is 2.63. The van der Waals surface area contributed by atoms with Gasteiger partial charge in [0.05, 0.1) is 0 Å². The summed E-state index contributed by atoms with van der Waals surface area (Å²) in [6, 6.07) is 5.16. The summed E-state index contributed by atoms with van der Waals surface area (Å²) >= 11 is 0. The van der Waals surface area contributed by atoms with Gasteiger partial charge >= 0.3 is 11.9 Å². The van der Waals surface area contributed by atoms with E-state index in [4.69, 9.17) is 14.3 Å². The van der Waals surface area contributed by atoms with Crippen molar-refractivity contribution < 1.29 is 34.1 Å². The SMILES string of the molecule is CC(=O)Oc1ccc2c(c1)CC[C@@H]1[C@@H]2[C@](O)(O[N+](=O)[O-])C[C@]2(C)C[C@@H](OC(C)=O)C[C@@H]12. The normalized spacial score (nSPS) is 35.9. The Labute approximate surface area is 179 Å². The molecular weight excluding hydrogens is 406 g/mol. The number of aliphatic hydroxyl groups is 1. The lowest BCUT2D eigenvalue weighted by molar-refractivity contribution is -0.800. The molecule has 9 nitrogen and oxygen atoms in total. The van der Waals surface area contributed by atoms with Gasteiger partial charge in [-0.25, -0.2) is 0 Å². The molecule has 3 aliphatic rings. The molecule has 168 valence electrons. The van der Waals surface area contributed by atoms with E-state index >= 15 is 0 Å². The van der Waals surface area contributed by atoms with Crippen LogP contribution in [0.15, 0.2) is 18.2 Å². The molecule has 0 aromatic heterocycles. The first-order valence-electron chi connectivity index (χ1n) is 10.5. The van der Waals surface area contributed by atoms with Gasteiger partial charge in [0.1, 0.15) is 11.9 Å². The average molecular weight is 433 g/mol. The number of hydrogen-bond donors (Lipinski definition) is 1. The highest BCUT2D eigenvalue weighted by molar-refractivity contribution is 5.69. The van der Waals surface area contributed by atoms with E-state index in [1.165, 1.54) is 13.8 Å². The van der Waals surface area contributed by atoms with Crippen LogP contribution in [0.5, 0.6) is 5.75 Å². The smallest absolute Gasteiger partial charge is 0.308 e. The molecule has 4 rings (SSSR count). The Kier molecular flexibility index (Phi) is 5.20. The van der Waals surface area contributed by atoms with Crippen LogP contribution in [0, 0.1) is 27.4 Å². The quantitative estimate of drug-likeness (QED) is 0.253. The minimum Gasteiger partial charge on any atom is -0.463 e. The van der Waals surface area contributed by atoms with Gasteiger partial charge in [-0.1, -0.05) is 13.0 Å². The van der Waals surface area contributed by atoms with Gasteiger partial charge in [0.15, 0.2) is 0 Å². The van der Waals surface area contributed by atoms with Crippen LogP contribution in [-0.4, -0.2) is 34.0 Å². The molecule has 0 heterocycles. The van der Waals surface area contributed by atoms with E-state index in [9.17, 15) is 24.8 Å². The number of ether oxygens (including phenoxy) is 2. The summed E-state index contributed by atoms with van der Waals surface area (Å²) in [7, 11) is 0. The molecule has 0 amide bonds. The molecule has 3 aliphatic carbocycles. The minimum absolute atomic E-state index is 0.0652. The number of rotatable bonds is 4. The van der Waals surface area contributed by atoms with Gasteiger partial charge in [-0.3, -0.25) is 14.4 Å². The second-order valence-corrected chi connectivity index (χ2v) is 9.40. The first kappa shape index (κ1) is 21.5. The maximum atomic E-state index is 11.5. The Balaban J connectivity index is 1.74. The molecule has 2 fully saturated rings. The first-order valence-corrected chi connectivity index (χ1v) is 10.5. The largest absolute Gasteiger partial charge is 0.463 e. The molecule has 31 heavy (non-hydrogen) atoms. The molecule has 0 aliphatic heterocycles. The predicted molar refractivity (Wildman–Crippen MR) is 106 cm³/mol. The molecule has 1 N–H and O–H groups in total. The van der Waals surface area contributed by atoms with E-state index in [0.717, 1.165) is 11.1 Å². The Bertz CT molecular complexity index is 932. The second kappa shape index (κ2) is 7.47. The summed E-state index contributed by atoms with van der Waals surface area (Å²) in [6.07, 6.45) is 2.35. The molecule has 1 aromatic carbocycles. The van der Waals surface area contributed by atoms with Crippen LogP contribution < -0.4 is 4.74 Å². The maximum absolute atomic E-state index is 11.5. The van der Waals surface area contributed by atoms with Crippen molar-refractivity contribution in [2.24, 2.45) is 17.3 Å². The van der Waals surface area contributed by atoms with E-state index in [-0.39, 0.29) is 30.3 Å². The van der Waals surface area contributed by atoms with Crippen LogP contribution in [0.3, 0.4) is 0 Å². The van der Waals surface area contributed by atoms with Gasteiger partial charge in [0.25, 0.3) is 5.09 Å². The van der Waals surface area contributed by atoms with Crippen LogP contribution in [0.1, 0.15) is 63.5 Å². The van der Waals surface area contributed by atoms with Crippen LogP contribution in [-0.2, 0) is 25.6 Å². The number of benzene rings is 1. The maximum Gasteiger partial charge on any atom is 0.308 e. The van der Waals surface area contributed by atoms with Gasteiger partial charge in [-0.05, 0) is 66.2 Å². The number of carbonyl (C=O) groups excluding carboxylic acids is 2. The number of carbonyl (C=O) groups is 2. The summed E-state index contributed by atoms with van der Waals surface area (Å²) in [4.78, 5) is 39.1. The molecule has 0 unspecified atom stereocenters. The van der Waals surface area contributed by atoms with Gasteiger partial charge in [0.2, 0.25) is 5.79 Å². The van der Waals surface area contributed by atoms with Crippen LogP contribution in [0.25, 0.3) is 0 Å². The van der Waals surface area contributed by atoms with E-state index in [0.29, 0.717) is 31.4 Å². The molecular formula is C22H27NO8. The van der Waals surface area contributed by atoms with E-state index in [2.05, 4.69) is 0 Å². The Morgan fingerprint density at radius 1 is 1.26 bits per heavy atom. The minimum atomic E-state index is -2.00. The zero-order valence-corrected chi connectivity index (χ0v) is 17.8. The lowest BCUT2D eigenvalue weighted by atomic mass is 9.53. The third kappa shape index (κ3) is 3.86. The molecule has 0 spiro atoms. The second-order valence-electron chi connectivity index (χ2n) is 9.40. The highest BCUT2D eigenvalue weighted by atomic mass is 17.0. The summed E-state index contributed by atoms with van der Waals surface area (Å²) in [5.41, 5.74) is 1.19. The Morgan fingerprint density at radius 2 is 2.00 bits per heavy atom. The molecule has 0 saturated heterocycles. The molecule has 6 atom stereocenters. The van der Waals surface area contributed by atoms with E-state index in [1.54, 1.807) is 18.2 Å². The van der Waals surface area contributed by atoms with Crippen molar-refractivity contribution in [1.29, 1.82) is 0 Å². The lowest BCUT2D eigenvalue weighted by Gasteiger charge is -2.55. The van der Waals surface area contributed by atoms with Crippen molar-refractivity contribution in [3.05, 3.63) is 39.4 Å². The first-order chi connectivity index (χ1) is 14.5. The van der Waals surface area contributed by atoms with Gasteiger partial charge in [0, 0.05) is 26.2 Å². The third-order valence-electron chi connectivity index (χ3n) is 7.22. The molecule has 0 bridgehead atoms. The Hall–Kier alpha value is -2.68. The third-order valence-corrected chi connectivity index (χ3v) is 7.22. The summed E-state index contributed by atoms with van der Waals surface area (Å²) < 4.78 is 10.7. The van der Waals surface area contributed by atoms with Crippen molar-refractivity contribution >= 4 is 11.9 Å².